The molecule has 0 bridgehead atoms. The maximum Gasteiger partial charge on any atom is 0.321 e. The predicted octanol–water partition coefficient (Wildman–Crippen LogP) is 4.02. The first kappa shape index (κ1) is 20.0. The van der Waals surface area contributed by atoms with Crippen LogP contribution >= 0.6 is 11.8 Å². The molecule has 0 spiro atoms. The summed E-state index contributed by atoms with van der Waals surface area (Å²) in [5, 5.41) is 19.0. The van der Waals surface area contributed by atoms with Crippen molar-refractivity contribution in [2.75, 3.05) is 5.75 Å². The van der Waals surface area contributed by atoms with Crippen molar-refractivity contribution in [3.63, 3.8) is 0 Å². The van der Waals surface area contributed by atoms with Gasteiger partial charge in [-0.05, 0) is 35.2 Å². The molecule has 0 heterocycles. The molecule has 3 rings (SSSR count). The summed E-state index contributed by atoms with van der Waals surface area (Å²) in [7, 11) is 0. The van der Waals surface area contributed by atoms with Crippen LogP contribution in [-0.2, 0) is 16.0 Å². The highest BCUT2D eigenvalue weighted by molar-refractivity contribution is 8.00. The van der Waals surface area contributed by atoms with Gasteiger partial charge < -0.3 is 15.9 Å². The quantitative estimate of drug-likeness (QED) is 0.538. The van der Waals surface area contributed by atoms with Crippen molar-refractivity contribution in [1.29, 1.82) is 0 Å². The van der Waals surface area contributed by atoms with Crippen LogP contribution < -0.4 is 5.73 Å². The van der Waals surface area contributed by atoms with Gasteiger partial charge in [-0.3, -0.25) is 4.79 Å². The maximum atomic E-state index is 11.3. The van der Waals surface area contributed by atoms with Crippen LogP contribution in [0.25, 0.3) is 0 Å². The first-order valence-electron chi connectivity index (χ1n) is 9.02. The van der Waals surface area contributed by atoms with Gasteiger partial charge in [0.1, 0.15) is 11.8 Å². The van der Waals surface area contributed by atoms with Gasteiger partial charge in [-0.15, -0.1) is 11.8 Å². The minimum Gasteiger partial charge on any atom is -0.508 e. The molecule has 0 aliphatic heterocycles. The molecule has 4 N–H and O–H groups in total. The number of carboxylic acid groups (broad SMARTS) is 1. The molecule has 28 heavy (non-hydrogen) atoms. The molecule has 1 unspecified atom stereocenters. The molecule has 0 saturated carbocycles. The average molecular weight is 394 g/mol. The Labute approximate surface area is 169 Å². The first-order valence-corrected chi connectivity index (χ1v) is 10.0. The lowest BCUT2D eigenvalue weighted by atomic mass is 9.85. The van der Waals surface area contributed by atoms with Crippen LogP contribution in [0.2, 0.25) is 0 Å². The minimum atomic E-state index is -1.01. The molecule has 2 atom stereocenters. The smallest absolute Gasteiger partial charge is 0.321 e. The lowest BCUT2D eigenvalue weighted by molar-refractivity contribution is -0.137. The van der Waals surface area contributed by atoms with Crippen molar-refractivity contribution < 1.29 is 15.0 Å². The van der Waals surface area contributed by atoms with Crippen LogP contribution in [0.3, 0.4) is 0 Å². The zero-order valence-corrected chi connectivity index (χ0v) is 16.2. The van der Waals surface area contributed by atoms with E-state index in [2.05, 4.69) is 24.3 Å². The Morgan fingerprint density at radius 3 is 2.00 bits per heavy atom. The number of hydrogen-bond acceptors (Lipinski definition) is 4. The maximum absolute atomic E-state index is 11.3. The standard InChI is InChI=1S/C23H23NO3S/c24-21(22(26)27)16-28-23(18-9-5-2-6-10-18,15-17-7-3-1-4-8-17)19-11-13-20(25)14-12-19/h1-14,21,25H,15-16,24H2,(H,26,27)/t21-,23?/m0/s1. The zero-order valence-electron chi connectivity index (χ0n) is 15.4. The molecule has 0 amide bonds. The molecule has 144 valence electrons. The Balaban J connectivity index is 2.12. The molecule has 0 aliphatic rings. The second-order valence-corrected chi connectivity index (χ2v) is 7.98. The van der Waals surface area contributed by atoms with Crippen LogP contribution in [0.4, 0.5) is 0 Å². The van der Waals surface area contributed by atoms with E-state index in [0.29, 0.717) is 6.42 Å². The monoisotopic (exact) mass is 393 g/mol. The van der Waals surface area contributed by atoms with Crippen molar-refractivity contribution in [1.82, 2.24) is 0 Å². The number of nitrogens with two attached hydrogens (primary N) is 1. The SMILES string of the molecule is N[C@@H](CSC(Cc1ccccc1)(c1ccccc1)c1ccc(O)cc1)C(=O)O. The third-order valence-corrected chi connectivity index (χ3v) is 6.33. The number of thioether (sulfide) groups is 1. The number of phenolic OH excluding ortho intramolecular Hbond substituents is 1. The number of phenols is 1. The number of benzene rings is 3. The summed E-state index contributed by atoms with van der Waals surface area (Å²) in [6.45, 7) is 0. The Morgan fingerprint density at radius 1 is 0.893 bits per heavy atom. The molecular weight excluding hydrogens is 370 g/mol. The van der Waals surface area contributed by atoms with Gasteiger partial charge in [0, 0.05) is 5.75 Å². The van der Waals surface area contributed by atoms with Gasteiger partial charge in [-0.25, -0.2) is 0 Å². The lowest BCUT2D eigenvalue weighted by Gasteiger charge is -2.35. The highest BCUT2D eigenvalue weighted by Gasteiger charge is 2.36. The fourth-order valence-electron chi connectivity index (χ4n) is 3.21. The van der Waals surface area contributed by atoms with Gasteiger partial charge >= 0.3 is 5.97 Å². The largest absolute Gasteiger partial charge is 0.508 e. The second-order valence-electron chi connectivity index (χ2n) is 6.66. The molecule has 3 aromatic carbocycles. The van der Waals surface area contributed by atoms with Gasteiger partial charge in [-0.1, -0.05) is 72.8 Å². The summed E-state index contributed by atoms with van der Waals surface area (Å²) in [5.74, 6) is -0.560. The molecule has 5 heteroatoms. The van der Waals surface area contributed by atoms with Crippen molar-refractivity contribution in [2.45, 2.75) is 17.2 Å². The molecule has 0 aromatic heterocycles. The molecule has 3 aromatic rings. The van der Waals surface area contributed by atoms with Crippen molar-refractivity contribution in [3.05, 3.63) is 102 Å². The van der Waals surface area contributed by atoms with E-state index >= 15 is 0 Å². The van der Waals surface area contributed by atoms with Crippen LogP contribution in [0, 0.1) is 0 Å². The molecule has 4 nitrogen and oxygen atoms in total. The predicted molar refractivity (Wildman–Crippen MR) is 114 cm³/mol. The average Bonchev–Trinajstić information content (AvgIpc) is 2.73. The summed E-state index contributed by atoms with van der Waals surface area (Å²) < 4.78 is -0.538. The van der Waals surface area contributed by atoms with E-state index in [9.17, 15) is 15.0 Å². The van der Waals surface area contributed by atoms with Crippen LogP contribution in [0.5, 0.6) is 5.75 Å². The Kier molecular flexibility index (Phi) is 6.39. The normalized spacial score (nSPS) is 14.2. The van der Waals surface area contributed by atoms with Gasteiger partial charge in [0.25, 0.3) is 0 Å². The fourth-order valence-corrected chi connectivity index (χ4v) is 4.69. The van der Waals surface area contributed by atoms with Crippen molar-refractivity contribution >= 4 is 17.7 Å². The summed E-state index contributed by atoms with van der Waals surface area (Å²) in [6, 6.07) is 26.3. The number of aliphatic carboxylic acids is 1. The Morgan fingerprint density at radius 2 is 1.43 bits per heavy atom. The summed E-state index contributed by atoms with van der Waals surface area (Å²) in [6.07, 6.45) is 0.666. The lowest BCUT2D eigenvalue weighted by Crippen LogP contribution is -2.36. The first-order chi connectivity index (χ1) is 13.5. The Hall–Kier alpha value is -2.76. The zero-order chi connectivity index (χ0) is 20.0. The van der Waals surface area contributed by atoms with E-state index in [-0.39, 0.29) is 11.5 Å². The second kappa shape index (κ2) is 8.95. The van der Waals surface area contributed by atoms with Crippen LogP contribution in [0.15, 0.2) is 84.9 Å². The van der Waals surface area contributed by atoms with Crippen LogP contribution in [-0.4, -0.2) is 28.0 Å². The molecule has 0 saturated heterocycles. The number of rotatable bonds is 8. The number of carbonyl (C=O) groups is 1. The number of carboxylic acids is 1. The van der Waals surface area contributed by atoms with Gasteiger partial charge in [0.2, 0.25) is 0 Å². The molecular formula is C23H23NO3S. The summed E-state index contributed by atoms with van der Waals surface area (Å²) in [4.78, 5) is 11.3. The fraction of sp³-hybridized carbons (Fsp3) is 0.174. The molecule has 0 fully saturated rings. The van der Waals surface area contributed by atoms with Gasteiger partial charge in [0.15, 0.2) is 0 Å². The van der Waals surface area contributed by atoms with E-state index in [0.717, 1.165) is 16.7 Å². The van der Waals surface area contributed by atoms with Gasteiger partial charge in [-0.2, -0.15) is 0 Å². The van der Waals surface area contributed by atoms with E-state index in [4.69, 9.17) is 5.73 Å². The van der Waals surface area contributed by atoms with Crippen LogP contribution in [0.1, 0.15) is 16.7 Å². The van der Waals surface area contributed by atoms with Crippen molar-refractivity contribution in [2.24, 2.45) is 5.73 Å². The van der Waals surface area contributed by atoms with Crippen molar-refractivity contribution in [3.8, 4) is 5.75 Å². The topological polar surface area (TPSA) is 83.5 Å². The third-order valence-electron chi connectivity index (χ3n) is 4.70. The highest BCUT2D eigenvalue weighted by atomic mass is 32.2. The minimum absolute atomic E-state index is 0.192. The molecule has 0 aliphatic carbocycles. The highest BCUT2D eigenvalue weighted by Crippen LogP contribution is 2.46. The Bertz CT molecular complexity index is 900. The number of hydrogen-bond donors (Lipinski definition) is 3. The van der Waals surface area contributed by atoms with E-state index in [1.165, 1.54) is 11.8 Å². The number of aromatic hydroxyl groups is 1. The van der Waals surface area contributed by atoms with E-state index < -0.39 is 16.8 Å². The van der Waals surface area contributed by atoms with E-state index in [1.54, 1.807) is 12.1 Å². The van der Waals surface area contributed by atoms with Gasteiger partial charge in [0.05, 0.1) is 4.75 Å². The third kappa shape index (κ3) is 4.55. The summed E-state index contributed by atoms with van der Waals surface area (Å²) in [5.41, 5.74) is 9.02. The summed E-state index contributed by atoms with van der Waals surface area (Å²) >= 11 is 1.52. The van der Waals surface area contributed by atoms with E-state index in [1.807, 2.05) is 48.5 Å². The molecule has 0 radical (unpaired) electrons.